The van der Waals surface area contributed by atoms with Crippen molar-refractivity contribution in [2.24, 2.45) is 0 Å². The Labute approximate surface area is 139 Å². The summed E-state index contributed by atoms with van der Waals surface area (Å²) in [4.78, 5) is 14.9. The summed E-state index contributed by atoms with van der Waals surface area (Å²) < 4.78 is 10.8. The number of ether oxygens (including phenoxy) is 2. The molecular formula is C18H28N2O3. The summed E-state index contributed by atoms with van der Waals surface area (Å²) in [7, 11) is 0. The number of nitrogens with zero attached hydrogens (tertiary/aromatic N) is 1. The van der Waals surface area contributed by atoms with Crippen LogP contribution in [0.4, 0.5) is 0 Å². The highest BCUT2D eigenvalue weighted by atomic mass is 16.5. The second-order valence-electron chi connectivity index (χ2n) is 6.05. The van der Waals surface area contributed by atoms with E-state index in [2.05, 4.69) is 36.2 Å². The molecule has 1 aliphatic heterocycles. The van der Waals surface area contributed by atoms with Crippen LogP contribution in [-0.4, -0.2) is 55.9 Å². The molecule has 1 aromatic carbocycles. The second-order valence-corrected chi connectivity index (χ2v) is 6.05. The summed E-state index contributed by atoms with van der Waals surface area (Å²) in [5.74, 6) is -0.170. The Kier molecular flexibility index (Phi) is 7.02. The third kappa shape index (κ3) is 5.03. The van der Waals surface area contributed by atoms with Gasteiger partial charge in [-0.15, -0.1) is 0 Å². The molecule has 1 fully saturated rings. The zero-order valence-electron chi connectivity index (χ0n) is 14.3. The topological polar surface area (TPSA) is 50.8 Å². The molecule has 1 heterocycles. The van der Waals surface area contributed by atoms with E-state index in [1.54, 1.807) is 0 Å². The first-order valence-corrected chi connectivity index (χ1v) is 8.43. The van der Waals surface area contributed by atoms with Gasteiger partial charge in [0.15, 0.2) is 0 Å². The molecule has 1 aromatic rings. The van der Waals surface area contributed by atoms with Crippen LogP contribution in [-0.2, 0) is 14.3 Å². The molecule has 5 nitrogen and oxygen atoms in total. The number of benzene rings is 1. The smallest absolute Gasteiger partial charge is 0.325 e. The number of esters is 1. The number of nitrogens with one attached hydrogen (secondary N) is 1. The van der Waals surface area contributed by atoms with Gasteiger partial charge >= 0.3 is 5.97 Å². The minimum absolute atomic E-state index is 0.103. The molecule has 0 unspecified atom stereocenters. The molecule has 5 heteroatoms. The van der Waals surface area contributed by atoms with Crippen molar-refractivity contribution in [2.75, 3.05) is 32.9 Å². The Morgan fingerprint density at radius 2 is 1.91 bits per heavy atom. The van der Waals surface area contributed by atoms with Crippen molar-refractivity contribution in [3.63, 3.8) is 0 Å². The lowest BCUT2D eigenvalue weighted by Crippen LogP contribution is -2.54. The summed E-state index contributed by atoms with van der Waals surface area (Å²) in [6.07, 6.45) is 0. The molecule has 0 aromatic heterocycles. The number of hydrogen-bond donors (Lipinski definition) is 1. The summed E-state index contributed by atoms with van der Waals surface area (Å²) in [6, 6.07) is 9.94. The zero-order valence-corrected chi connectivity index (χ0v) is 14.3. The van der Waals surface area contributed by atoms with Gasteiger partial charge in [0.2, 0.25) is 0 Å². The molecule has 0 bridgehead atoms. The van der Waals surface area contributed by atoms with Gasteiger partial charge < -0.3 is 14.8 Å². The fourth-order valence-electron chi connectivity index (χ4n) is 2.97. The first kappa shape index (κ1) is 17.9. The molecule has 2 atom stereocenters. The molecule has 0 aliphatic carbocycles. The average Bonchev–Trinajstić information content (AvgIpc) is 2.56. The van der Waals surface area contributed by atoms with Gasteiger partial charge in [-0.1, -0.05) is 44.2 Å². The predicted molar refractivity (Wildman–Crippen MR) is 90.3 cm³/mol. The van der Waals surface area contributed by atoms with E-state index in [0.29, 0.717) is 19.8 Å². The second kappa shape index (κ2) is 9.01. The summed E-state index contributed by atoms with van der Waals surface area (Å²) in [5, 5.41) is 3.55. The van der Waals surface area contributed by atoms with Crippen LogP contribution in [0, 0.1) is 0 Å². The van der Waals surface area contributed by atoms with Crippen LogP contribution < -0.4 is 5.32 Å². The maximum Gasteiger partial charge on any atom is 0.325 e. The number of rotatable bonds is 7. The molecule has 0 radical (unpaired) electrons. The lowest BCUT2D eigenvalue weighted by atomic mass is 9.96. The van der Waals surface area contributed by atoms with Gasteiger partial charge in [-0.3, -0.25) is 9.69 Å². The van der Waals surface area contributed by atoms with Crippen molar-refractivity contribution in [3.8, 4) is 0 Å². The summed E-state index contributed by atoms with van der Waals surface area (Å²) >= 11 is 0. The van der Waals surface area contributed by atoms with Crippen LogP contribution in [0.2, 0.25) is 0 Å². The van der Waals surface area contributed by atoms with Gasteiger partial charge in [-0.2, -0.15) is 0 Å². The van der Waals surface area contributed by atoms with Crippen molar-refractivity contribution >= 4 is 5.97 Å². The molecule has 0 spiro atoms. The standard InChI is InChI=1S/C18H28N2O3/c1-4-23-18(21)17(20-10-12-22-13-11-20)16(19-14(2)3)15-8-6-5-7-9-15/h5-9,14,16-17,19H,4,10-13H2,1-3H3/t16-,17-/m0/s1. The molecule has 1 aliphatic rings. The highest BCUT2D eigenvalue weighted by Crippen LogP contribution is 2.24. The molecule has 1 saturated heterocycles. The van der Waals surface area contributed by atoms with E-state index in [-0.39, 0.29) is 24.1 Å². The SMILES string of the molecule is CCOC(=O)[C@H]([C@@H](NC(C)C)c1ccccc1)N1CCOCC1. The van der Waals surface area contributed by atoms with Gasteiger partial charge in [0, 0.05) is 19.1 Å². The molecule has 128 valence electrons. The average molecular weight is 320 g/mol. The van der Waals surface area contributed by atoms with E-state index in [1.165, 1.54) is 0 Å². The Morgan fingerprint density at radius 3 is 2.48 bits per heavy atom. The van der Waals surface area contributed by atoms with Gasteiger partial charge in [-0.05, 0) is 12.5 Å². The van der Waals surface area contributed by atoms with Crippen molar-refractivity contribution in [1.82, 2.24) is 10.2 Å². The van der Waals surface area contributed by atoms with Crippen LogP contribution in [0.15, 0.2) is 30.3 Å². The first-order chi connectivity index (χ1) is 11.1. The van der Waals surface area contributed by atoms with Crippen LogP contribution in [0.3, 0.4) is 0 Å². The predicted octanol–water partition coefficient (Wildman–Crippen LogP) is 1.99. The molecule has 0 amide bonds. The van der Waals surface area contributed by atoms with Gasteiger partial charge in [0.05, 0.1) is 25.9 Å². The maximum absolute atomic E-state index is 12.7. The van der Waals surface area contributed by atoms with Crippen molar-refractivity contribution in [3.05, 3.63) is 35.9 Å². The molecule has 2 rings (SSSR count). The van der Waals surface area contributed by atoms with Crippen LogP contribution in [0.5, 0.6) is 0 Å². The van der Waals surface area contributed by atoms with E-state index in [9.17, 15) is 4.79 Å². The summed E-state index contributed by atoms with van der Waals surface area (Å²) in [5.41, 5.74) is 1.10. The third-order valence-electron chi connectivity index (χ3n) is 3.95. The fourth-order valence-corrected chi connectivity index (χ4v) is 2.97. The summed E-state index contributed by atoms with van der Waals surface area (Å²) in [6.45, 7) is 9.22. The highest BCUT2D eigenvalue weighted by Gasteiger charge is 2.36. The Morgan fingerprint density at radius 1 is 1.26 bits per heavy atom. The van der Waals surface area contributed by atoms with Gasteiger partial charge in [0.25, 0.3) is 0 Å². The Balaban J connectivity index is 2.31. The maximum atomic E-state index is 12.7. The molecule has 0 saturated carbocycles. The number of morpholine rings is 1. The van der Waals surface area contributed by atoms with E-state index in [4.69, 9.17) is 9.47 Å². The molecular weight excluding hydrogens is 292 g/mol. The zero-order chi connectivity index (χ0) is 16.7. The Bertz CT molecular complexity index is 472. The first-order valence-electron chi connectivity index (χ1n) is 8.43. The van der Waals surface area contributed by atoms with Crippen molar-refractivity contribution in [1.29, 1.82) is 0 Å². The number of hydrogen-bond acceptors (Lipinski definition) is 5. The lowest BCUT2D eigenvalue weighted by molar-refractivity contribution is -0.153. The van der Waals surface area contributed by atoms with E-state index in [0.717, 1.165) is 18.7 Å². The molecule has 1 N–H and O–H groups in total. The van der Waals surface area contributed by atoms with E-state index in [1.807, 2.05) is 25.1 Å². The molecule has 23 heavy (non-hydrogen) atoms. The van der Waals surface area contributed by atoms with Crippen LogP contribution >= 0.6 is 0 Å². The van der Waals surface area contributed by atoms with Gasteiger partial charge in [-0.25, -0.2) is 0 Å². The fraction of sp³-hybridized carbons (Fsp3) is 0.611. The monoisotopic (exact) mass is 320 g/mol. The van der Waals surface area contributed by atoms with E-state index >= 15 is 0 Å². The normalized spacial score (nSPS) is 18.6. The van der Waals surface area contributed by atoms with Crippen molar-refractivity contribution < 1.29 is 14.3 Å². The number of carbonyl (C=O) groups is 1. The highest BCUT2D eigenvalue weighted by molar-refractivity contribution is 5.77. The van der Waals surface area contributed by atoms with Crippen LogP contribution in [0.1, 0.15) is 32.4 Å². The lowest BCUT2D eigenvalue weighted by Gasteiger charge is -2.38. The largest absolute Gasteiger partial charge is 0.465 e. The number of carbonyl (C=O) groups excluding carboxylic acids is 1. The van der Waals surface area contributed by atoms with Crippen molar-refractivity contribution in [2.45, 2.75) is 38.9 Å². The minimum Gasteiger partial charge on any atom is -0.465 e. The van der Waals surface area contributed by atoms with E-state index < -0.39 is 0 Å². The Hall–Kier alpha value is -1.43. The minimum atomic E-state index is -0.344. The van der Waals surface area contributed by atoms with Crippen LogP contribution in [0.25, 0.3) is 0 Å². The third-order valence-corrected chi connectivity index (χ3v) is 3.95. The quantitative estimate of drug-likeness (QED) is 0.779. The van der Waals surface area contributed by atoms with Gasteiger partial charge in [0.1, 0.15) is 6.04 Å².